The van der Waals surface area contributed by atoms with Gasteiger partial charge in [-0.15, -0.1) is 0 Å². The van der Waals surface area contributed by atoms with Crippen LogP contribution < -0.4 is 5.32 Å². The summed E-state index contributed by atoms with van der Waals surface area (Å²) in [4.78, 5) is 2.35. The van der Waals surface area contributed by atoms with Crippen molar-refractivity contribution < 1.29 is 0 Å². The van der Waals surface area contributed by atoms with Gasteiger partial charge in [-0.3, -0.25) is 0 Å². The summed E-state index contributed by atoms with van der Waals surface area (Å²) in [6.45, 7) is 10.0. The Bertz CT molecular complexity index is 369. The summed E-state index contributed by atoms with van der Waals surface area (Å²) < 4.78 is 0. The van der Waals surface area contributed by atoms with E-state index >= 15 is 0 Å². The fourth-order valence-corrected chi connectivity index (χ4v) is 2.52. The topological polar surface area (TPSA) is 15.3 Å². The molecule has 2 nitrogen and oxygen atoms in total. The lowest BCUT2D eigenvalue weighted by atomic mass is 9.83. The van der Waals surface area contributed by atoms with Gasteiger partial charge in [0.05, 0.1) is 6.04 Å². The third kappa shape index (κ3) is 3.80. The number of rotatable bonds is 7. The molecule has 2 atom stereocenters. The fourth-order valence-electron chi connectivity index (χ4n) is 2.52. The van der Waals surface area contributed by atoms with E-state index in [2.05, 4.69) is 76.3 Å². The Kier molecular flexibility index (Phi) is 6.02. The van der Waals surface area contributed by atoms with Gasteiger partial charge in [0.2, 0.25) is 0 Å². The zero-order valence-corrected chi connectivity index (χ0v) is 13.5. The third-order valence-corrected chi connectivity index (χ3v) is 4.37. The minimum Gasteiger partial charge on any atom is -0.308 e. The van der Waals surface area contributed by atoms with Crippen LogP contribution in [-0.4, -0.2) is 31.1 Å². The van der Waals surface area contributed by atoms with Crippen LogP contribution in [-0.2, 0) is 0 Å². The highest BCUT2D eigenvalue weighted by Gasteiger charge is 2.35. The summed E-state index contributed by atoms with van der Waals surface area (Å²) >= 11 is 0. The number of hydrogen-bond acceptors (Lipinski definition) is 2. The summed E-state index contributed by atoms with van der Waals surface area (Å²) in [5.74, 6) is 0. The molecule has 0 amide bonds. The Morgan fingerprint density at radius 2 is 1.74 bits per heavy atom. The minimum absolute atomic E-state index is 0.129. The molecule has 19 heavy (non-hydrogen) atoms. The lowest BCUT2D eigenvalue weighted by Gasteiger charge is -2.43. The molecule has 0 aromatic heterocycles. The molecule has 1 aromatic rings. The summed E-state index contributed by atoms with van der Waals surface area (Å²) in [6.07, 6.45) is 2.28. The largest absolute Gasteiger partial charge is 0.308 e. The number of likely N-dealkylation sites (N-methyl/N-ethyl adjacent to an activating group) is 1. The Labute approximate surface area is 119 Å². The molecule has 1 N–H and O–H groups in total. The van der Waals surface area contributed by atoms with Gasteiger partial charge >= 0.3 is 0 Å². The van der Waals surface area contributed by atoms with E-state index < -0.39 is 0 Å². The number of hydrogen-bond donors (Lipinski definition) is 1. The summed E-state index contributed by atoms with van der Waals surface area (Å²) in [5, 5.41) is 3.74. The standard InChI is InChI=1S/C17H30N2/c1-7-13-18-16(17(4,8-2)19(5)6)15-11-9-14(3)10-12-15/h9-12,16,18H,7-8,13H2,1-6H3. The number of benzene rings is 1. The van der Waals surface area contributed by atoms with E-state index in [1.807, 2.05) is 0 Å². The average Bonchev–Trinajstić information content (AvgIpc) is 2.40. The van der Waals surface area contributed by atoms with E-state index in [1.54, 1.807) is 0 Å². The number of nitrogens with one attached hydrogen (secondary N) is 1. The van der Waals surface area contributed by atoms with E-state index in [1.165, 1.54) is 11.1 Å². The van der Waals surface area contributed by atoms with Crippen molar-refractivity contribution in [3.05, 3.63) is 35.4 Å². The summed E-state index contributed by atoms with van der Waals surface area (Å²) in [5.41, 5.74) is 2.84. The van der Waals surface area contributed by atoms with Crippen molar-refractivity contribution in [1.29, 1.82) is 0 Å². The molecule has 0 aliphatic rings. The van der Waals surface area contributed by atoms with Crippen LogP contribution in [0.3, 0.4) is 0 Å². The molecule has 0 aliphatic heterocycles. The first-order valence-electron chi connectivity index (χ1n) is 7.43. The van der Waals surface area contributed by atoms with E-state index in [9.17, 15) is 0 Å². The zero-order chi connectivity index (χ0) is 14.5. The first kappa shape index (κ1) is 16.2. The van der Waals surface area contributed by atoms with Crippen molar-refractivity contribution in [3.8, 4) is 0 Å². The highest BCUT2D eigenvalue weighted by Crippen LogP contribution is 2.32. The van der Waals surface area contributed by atoms with Gasteiger partial charge in [-0.2, -0.15) is 0 Å². The second-order valence-corrected chi connectivity index (χ2v) is 5.90. The van der Waals surface area contributed by atoms with Gasteiger partial charge in [0.15, 0.2) is 0 Å². The van der Waals surface area contributed by atoms with E-state index in [0.29, 0.717) is 6.04 Å². The Hall–Kier alpha value is -0.860. The lowest BCUT2D eigenvalue weighted by Crippen LogP contribution is -2.51. The van der Waals surface area contributed by atoms with Crippen molar-refractivity contribution >= 4 is 0 Å². The zero-order valence-electron chi connectivity index (χ0n) is 13.5. The Morgan fingerprint density at radius 3 is 2.16 bits per heavy atom. The van der Waals surface area contributed by atoms with Crippen molar-refractivity contribution in [2.75, 3.05) is 20.6 Å². The molecular weight excluding hydrogens is 232 g/mol. The molecule has 1 aromatic carbocycles. The van der Waals surface area contributed by atoms with Crippen LogP contribution in [0.5, 0.6) is 0 Å². The van der Waals surface area contributed by atoms with Gasteiger partial charge in [-0.05, 0) is 52.9 Å². The van der Waals surface area contributed by atoms with Gasteiger partial charge in [0.1, 0.15) is 0 Å². The van der Waals surface area contributed by atoms with Crippen molar-refractivity contribution in [1.82, 2.24) is 10.2 Å². The molecule has 0 saturated carbocycles. The second kappa shape index (κ2) is 7.06. The average molecular weight is 262 g/mol. The molecule has 2 heteroatoms. The van der Waals surface area contributed by atoms with Crippen LogP contribution >= 0.6 is 0 Å². The molecular formula is C17H30N2. The van der Waals surface area contributed by atoms with E-state index in [4.69, 9.17) is 0 Å². The maximum atomic E-state index is 3.74. The van der Waals surface area contributed by atoms with E-state index in [-0.39, 0.29) is 5.54 Å². The van der Waals surface area contributed by atoms with Crippen LogP contribution in [0.15, 0.2) is 24.3 Å². The van der Waals surface area contributed by atoms with Crippen molar-refractivity contribution in [2.24, 2.45) is 0 Å². The normalized spacial score (nSPS) is 16.4. The molecule has 0 aliphatic carbocycles. The predicted octanol–water partition coefficient (Wildman–Crippen LogP) is 3.77. The minimum atomic E-state index is 0.129. The fraction of sp³-hybridized carbons (Fsp3) is 0.647. The smallest absolute Gasteiger partial charge is 0.0504 e. The Morgan fingerprint density at radius 1 is 1.16 bits per heavy atom. The number of nitrogens with zero attached hydrogens (tertiary/aromatic N) is 1. The molecule has 0 saturated heterocycles. The van der Waals surface area contributed by atoms with Crippen LogP contribution in [0.25, 0.3) is 0 Å². The SMILES string of the molecule is CCCNC(c1ccc(C)cc1)C(C)(CC)N(C)C. The number of aryl methyl sites for hydroxylation is 1. The van der Waals surface area contributed by atoms with Crippen molar-refractivity contribution in [2.45, 2.75) is 52.1 Å². The molecule has 0 heterocycles. The molecule has 0 spiro atoms. The summed E-state index contributed by atoms with van der Waals surface area (Å²) in [7, 11) is 4.36. The van der Waals surface area contributed by atoms with Gasteiger partial charge in [-0.25, -0.2) is 0 Å². The molecule has 0 fully saturated rings. The van der Waals surface area contributed by atoms with E-state index in [0.717, 1.165) is 19.4 Å². The monoisotopic (exact) mass is 262 g/mol. The molecule has 108 valence electrons. The van der Waals surface area contributed by atoms with Gasteiger partial charge < -0.3 is 10.2 Å². The van der Waals surface area contributed by atoms with Crippen LogP contribution in [0, 0.1) is 6.92 Å². The molecule has 1 rings (SSSR count). The highest BCUT2D eigenvalue weighted by atomic mass is 15.2. The molecule has 0 bridgehead atoms. The Balaban J connectivity index is 3.09. The van der Waals surface area contributed by atoms with Crippen LogP contribution in [0.1, 0.15) is 50.8 Å². The predicted molar refractivity (Wildman–Crippen MR) is 84.6 cm³/mol. The first-order chi connectivity index (χ1) is 8.95. The van der Waals surface area contributed by atoms with Gasteiger partial charge in [-0.1, -0.05) is 43.7 Å². The van der Waals surface area contributed by atoms with Crippen LogP contribution in [0.2, 0.25) is 0 Å². The highest BCUT2D eigenvalue weighted by molar-refractivity contribution is 5.27. The quantitative estimate of drug-likeness (QED) is 0.805. The van der Waals surface area contributed by atoms with Gasteiger partial charge in [0, 0.05) is 5.54 Å². The first-order valence-corrected chi connectivity index (χ1v) is 7.43. The van der Waals surface area contributed by atoms with Crippen molar-refractivity contribution in [3.63, 3.8) is 0 Å². The maximum Gasteiger partial charge on any atom is 0.0504 e. The van der Waals surface area contributed by atoms with Crippen LogP contribution in [0.4, 0.5) is 0 Å². The molecule has 2 unspecified atom stereocenters. The summed E-state index contributed by atoms with van der Waals surface area (Å²) in [6, 6.07) is 9.32. The second-order valence-electron chi connectivity index (χ2n) is 5.90. The molecule has 0 radical (unpaired) electrons. The lowest BCUT2D eigenvalue weighted by molar-refractivity contribution is 0.113. The third-order valence-electron chi connectivity index (χ3n) is 4.37. The maximum absolute atomic E-state index is 3.74. The van der Waals surface area contributed by atoms with Gasteiger partial charge in [0.25, 0.3) is 0 Å².